The van der Waals surface area contributed by atoms with E-state index in [0.717, 1.165) is 0 Å². The Morgan fingerprint density at radius 1 is 0.759 bits per heavy atom. The van der Waals surface area contributed by atoms with Gasteiger partial charge in [-0.25, -0.2) is 8.42 Å². The van der Waals surface area contributed by atoms with E-state index >= 15 is 0 Å². The Morgan fingerprint density at radius 2 is 1.10 bits per heavy atom. The van der Waals surface area contributed by atoms with Crippen LogP contribution in [-0.2, 0) is 10.1 Å². The van der Waals surface area contributed by atoms with Gasteiger partial charge >= 0.3 is 0 Å². The van der Waals surface area contributed by atoms with Crippen molar-refractivity contribution in [3.8, 4) is 0 Å². The largest absolute Gasteiger partial charge is 0.744 e. The Morgan fingerprint density at radius 3 is 1.34 bits per heavy atom. The van der Waals surface area contributed by atoms with Gasteiger partial charge in [0.2, 0.25) is 0 Å². The van der Waals surface area contributed by atoms with Gasteiger partial charge in [-0.1, -0.05) is 71.6 Å². The molecule has 1 radical (unpaired) electrons. The molecule has 0 saturated heterocycles. The summed E-state index contributed by atoms with van der Waals surface area (Å²) in [6.07, 6.45) is 11.1. The summed E-state index contributed by atoms with van der Waals surface area (Å²) in [5.74, 6) is 0. The maximum Gasteiger partial charge on any atom is 0.124 e. The van der Waals surface area contributed by atoms with E-state index in [1.165, 1.54) is 94.2 Å². The fourth-order valence-corrected chi connectivity index (χ4v) is 4.19. The number of nitrogens with zero attached hydrogens (tertiary/aromatic N) is 1. The van der Waals surface area contributed by atoms with Gasteiger partial charge in [-0.3, -0.25) is 0 Å². The number of benzene rings is 1. The summed E-state index contributed by atoms with van der Waals surface area (Å²) in [7, 11) is -4.28. The van der Waals surface area contributed by atoms with Crippen LogP contribution in [0.3, 0.4) is 0 Å². The van der Waals surface area contributed by atoms with E-state index in [-0.39, 0.29) is 34.5 Å². The molecule has 0 amide bonds. The van der Waals surface area contributed by atoms with Crippen molar-refractivity contribution < 1.29 is 17.5 Å². The zero-order chi connectivity index (χ0) is 21.5. The van der Waals surface area contributed by atoms with Gasteiger partial charge in [0, 0.05) is 29.6 Å². The van der Waals surface area contributed by atoms with Crippen LogP contribution in [0.25, 0.3) is 0 Å². The van der Waals surface area contributed by atoms with Crippen LogP contribution >= 0.6 is 0 Å². The molecule has 0 aliphatic carbocycles. The second-order valence-corrected chi connectivity index (χ2v) is 9.22. The molecule has 4 nitrogen and oxygen atoms in total. The van der Waals surface area contributed by atoms with Crippen LogP contribution in [0, 0.1) is 6.92 Å². The Balaban J connectivity index is 0. The quantitative estimate of drug-likeness (QED) is 0.232. The number of quaternary nitrogens is 1. The minimum absolute atomic E-state index is 0. The molecule has 0 heterocycles. The van der Waals surface area contributed by atoms with Crippen molar-refractivity contribution in [2.24, 2.45) is 0 Å². The molecule has 0 saturated carbocycles. The Kier molecular flexibility index (Phi) is 19.1. The Bertz CT molecular complexity index is 583. The first-order valence-electron chi connectivity index (χ1n) is 11.1. The molecule has 0 spiro atoms. The summed E-state index contributed by atoms with van der Waals surface area (Å²) in [6.45, 7) is 16.6. The topological polar surface area (TPSA) is 57.2 Å². The van der Waals surface area contributed by atoms with Crippen LogP contribution < -0.4 is 0 Å². The third-order valence-corrected chi connectivity index (χ3v) is 6.30. The summed E-state index contributed by atoms with van der Waals surface area (Å²) in [5, 5.41) is 0. The van der Waals surface area contributed by atoms with E-state index in [1.54, 1.807) is 19.1 Å². The minimum atomic E-state index is -4.28. The van der Waals surface area contributed by atoms with Crippen LogP contribution in [0.15, 0.2) is 29.2 Å². The predicted octanol–water partition coefficient (Wildman–Crippen LogP) is 5.52. The fourth-order valence-electron chi connectivity index (χ4n) is 3.48. The Hall–Kier alpha value is 0.0900. The van der Waals surface area contributed by atoms with Crippen LogP contribution in [0.5, 0.6) is 0 Å². The van der Waals surface area contributed by atoms with Crippen molar-refractivity contribution in [1.82, 2.24) is 0 Å². The molecule has 0 bridgehead atoms. The second-order valence-electron chi connectivity index (χ2n) is 7.87. The van der Waals surface area contributed by atoms with Gasteiger partial charge in [0.15, 0.2) is 0 Å². The van der Waals surface area contributed by atoms with Crippen molar-refractivity contribution >= 4 is 39.7 Å². The third-order valence-electron chi connectivity index (χ3n) is 5.31. The molecular weight excluding hydrogens is 393 g/mol. The maximum atomic E-state index is 10.5. The van der Waals surface area contributed by atoms with Crippen molar-refractivity contribution in [1.29, 1.82) is 0 Å². The molecule has 6 heteroatoms. The average molecular weight is 437 g/mol. The zero-order valence-corrected chi connectivity index (χ0v) is 22.7. The van der Waals surface area contributed by atoms with Crippen molar-refractivity contribution in [3.63, 3.8) is 0 Å². The SMILES string of the molecule is CCCC[N+](CCCC)(CCCC)CCCC.Cc1ccccc1S(=O)(=O)[O-].[Na]. The van der Waals surface area contributed by atoms with Crippen molar-refractivity contribution in [2.75, 3.05) is 26.2 Å². The van der Waals surface area contributed by atoms with Crippen LogP contribution in [0.1, 0.15) is 84.6 Å². The molecule has 0 aromatic heterocycles. The van der Waals surface area contributed by atoms with E-state index in [9.17, 15) is 13.0 Å². The number of hydrogen-bond donors (Lipinski definition) is 0. The molecule has 165 valence electrons. The van der Waals surface area contributed by atoms with E-state index in [1.807, 2.05) is 0 Å². The normalized spacial score (nSPS) is 11.4. The van der Waals surface area contributed by atoms with Gasteiger partial charge in [-0.2, -0.15) is 0 Å². The first kappa shape index (κ1) is 31.3. The van der Waals surface area contributed by atoms with E-state index in [0.29, 0.717) is 5.56 Å². The van der Waals surface area contributed by atoms with Gasteiger partial charge in [-0.15, -0.1) is 0 Å². The van der Waals surface area contributed by atoms with Gasteiger partial charge in [0.1, 0.15) is 10.1 Å². The maximum absolute atomic E-state index is 10.5. The number of hydrogen-bond acceptors (Lipinski definition) is 3. The molecule has 0 aliphatic rings. The van der Waals surface area contributed by atoms with E-state index < -0.39 is 10.1 Å². The average Bonchev–Trinajstić information content (AvgIpc) is 2.67. The fraction of sp³-hybridized carbons (Fsp3) is 0.739. The van der Waals surface area contributed by atoms with E-state index in [4.69, 9.17) is 0 Å². The smallest absolute Gasteiger partial charge is 0.124 e. The number of rotatable bonds is 13. The summed E-state index contributed by atoms with van der Waals surface area (Å²) in [6, 6.07) is 6.10. The molecule has 0 fully saturated rings. The summed E-state index contributed by atoms with van der Waals surface area (Å²) in [5.41, 5.74) is 0.488. The van der Waals surface area contributed by atoms with E-state index in [2.05, 4.69) is 27.7 Å². The molecule has 0 N–H and O–H groups in total. The molecular formula is C23H43NNaO3S. The second kappa shape index (κ2) is 17.7. The van der Waals surface area contributed by atoms with Crippen LogP contribution in [-0.4, -0.2) is 73.2 Å². The van der Waals surface area contributed by atoms with Gasteiger partial charge in [0.05, 0.1) is 31.1 Å². The van der Waals surface area contributed by atoms with Gasteiger partial charge in [-0.05, 0) is 44.2 Å². The first-order chi connectivity index (χ1) is 13.3. The molecule has 0 atom stereocenters. The number of aryl methyl sites for hydroxylation is 1. The molecule has 1 aromatic rings. The van der Waals surface area contributed by atoms with Gasteiger partial charge < -0.3 is 9.04 Å². The van der Waals surface area contributed by atoms with Gasteiger partial charge in [0.25, 0.3) is 0 Å². The molecule has 0 aliphatic heterocycles. The molecule has 1 aromatic carbocycles. The van der Waals surface area contributed by atoms with Crippen molar-refractivity contribution in [3.05, 3.63) is 29.8 Å². The molecule has 1 rings (SSSR count). The van der Waals surface area contributed by atoms with Crippen molar-refractivity contribution in [2.45, 2.75) is 90.9 Å². The Labute approximate surface area is 203 Å². The first-order valence-corrected chi connectivity index (χ1v) is 12.5. The predicted molar refractivity (Wildman–Crippen MR) is 124 cm³/mol. The third kappa shape index (κ3) is 13.9. The minimum Gasteiger partial charge on any atom is -0.744 e. The molecule has 29 heavy (non-hydrogen) atoms. The summed E-state index contributed by atoms with van der Waals surface area (Å²) < 4.78 is 32.9. The molecule has 0 unspecified atom stereocenters. The zero-order valence-electron chi connectivity index (χ0n) is 19.9. The number of unbranched alkanes of at least 4 members (excludes halogenated alkanes) is 4. The monoisotopic (exact) mass is 436 g/mol. The summed E-state index contributed by atoms with van der Waals surface area (Å²) in [4.78, 5) is -0.139. The summed E-state index contributed by atoms with van der Waals surface area (Å²) >= 11 is 0. The standard InChI is InChI=1S/C16H36N.C7H8O3S.Na/c1-5-9-13-17(14-10-6-2,15-11-7-3)16-12-8-4;1-6-4-2-3-5-7(6)11(8,9)10;/h5-16H2,1-4H3;2-5H,1H3,(H,8,9,10);/q+1;;/p-1. The van der Waals surface area contributed by atoms with Crippen LogP contribution in [0.2, 0.25) is 0 Å². The van der Waals surface area contributed by atoms with Crippen LogP contribution in [0.4, 0.5) is 0 Å².